The van der Waals surface area contributed by atoms with E-state index in [0.717, 1.165) is 37.0 Å². The summed E-state index contributed by atoms with van der Waals surface area (Å²) in [5, 5.41) is 6.82. The third-order valence-electron chi connectivity index (χ3n) is 4.93. The molecule has 1 aliphatic rings. The lowest BCUT2D eigenvalue weighted by atomic mass is 10.1. The zero-order chi connectivity index (χ0) is 18.9. The highest BCUT2D eigenvalue weighted by molar-refractivity contribution is 5.79. The van der Waals surface area contributed by atoms with Crippen molar-refractivity contribution in [1.82, 2.24) is 20.5 Å². The number of likely N-dealkylation sites (tertiary alicyclic amines) is 1. The predicted octanol–water partition coefficient (Wildman–Crippen LogP) is 2.59. The van der Waals surface area contributed by atoms with Gasteiger partial charge in [-0.1, -0.05) is 18.2 Å². The van der Waals surface area contributed by atoms with Gasteiger partial charge in [-0.3, -0.25) is 14.9 Å². The molecule has 2 aromatic rings. The Hall–Kier alpha value is -2.60. The number of aromatic nitrogens is 1. The van der Waals surface area contributed by atoms with Crippen molar-refractivity contribution in [1.29, 1.82) is 0 Å². The van der Waals surface area contributed by atoms with Gasteiger partial charge in [-0.15, -0.1) is 0 Å². The summed E-state index contributed by atoms with van der Waals surface area (Å²) in [6.07, 6.45) is 4.33. The first kappa shape index (κ1) is 19.2. The van der Waals surface area contributed by atoms with Gasteiger partial charge in [0, 0.05) is 19.8 Å². The minimum absolute atomic E-state index is 0.312. The molecule has 0 spiro atoms. The quantitative estimate of drug-likeness (QED) is 0.582. The van der Waals surface area contributed by atoms with E-state index in [2.05, 4.69) is 37.6 Å². The van der Waals surface area contributed by atoms with Crippen LogP contribution in [0, 0.1) is 0 Å². The van der Waals surface area contributed by atoms with Gasteiger partial charge in [0.15, 0.2) is 5.96 Å². The van der Waals surface area contributed by atoms with Gasteiger partial charge in [0.25, 0.3) is 0 Å². The molecule has 1 fully saturated rings. The topological polar surface area (TPSA) is 61.8 Å². The molecule has 0 saturated carbocycles. The SMILES string of the molecule is CN=C(NCc1ccccn1)NCC(c1ccc(OC)cc1)N1CCCC1. The number of rotatable bonds is 7. The smallest absolute Gasteiger partial charge is 0.191 e. The highest BCUT2D eigenvalue weighted by Gasteiger charge is 2.23. The van der Waals surface area contributed by atoms with E-state index in [9.17, 15) is 0 Å². The Morgan fingerprint density at radius 2 is 1.93 bits per heavy atom. The van der Waals surface area contributed by atoms with Gasteiger partial charge in [-0.25, -0.2) is 0 Å². The van der Waals surface area contributed by atoms with Crippen LogP contribution in [0.1, 0.15) is 30.1 Å². The average molecular weight is 367 g/mol. The normalized spacial score (nSPS) is 16.1. The van der Waals surface area contributed by atoms with Crippen LogP contribution in [0.3, 0.4) is 0 Å². The van der Waals surface area contributed by atoms with Gasteiger partial charge >= 0.3 is 0 Å². The highest BCUT2D eigenvalue weighted by Crippen LogP contribution is 2.26. The molecule has 6 nitrogen and oxygen atoms in total. The van der Waals surface area contributed by atoms with Crippen LogP contribution in [0.5, 0.6) is 5.75 Å². The van der Waals surface area contributed by atoms with Gasteiger partial charge in [0.1, 0.15) is 5.75 Å². The number of ether oxygens (including phenoxy) is 1. The first-order valence-corrected chi connectivity index (χ1v) is 9.52. The van der Waals surface area contributed by atoms with Crippen molar-refractivity contribution in [3.63, 3.8) is 0 Å². The molecule has 0 amide bonds. The number of nitrogens with one attached hydrogen (secondary N) is 2. The van der Waals surface area contributed by atoms with Gasteiger partial charge in [-0.05, 0) is 55.8 Å². The summed E-state index contributed by atoms with van der Waals surface area (Å²) in [4.78, 5) is 11.2. The van der Waals surface area contributed by atoms with Crippen LogP contribution in [0.25, 0.3) is 0 Å². The van der Waals surface area contributed by atoms with Gasteiger partial charge in [-0.2, -0.15) is 0 Å². The molecule has 2 N–H and O–H groups in total. The molecule has 1 aliphatic heterocycles. The number of nitrogens with zero attached hydrogens (tertiary/aromatic N) is 3. The zero-order valence-electron chi connectivity index (χ0n) is 16.2. The number of guanidine groups is 1. The van der Waals surface area contributed by atoms with Crippen molar-refractivity contribution >= 4 is 5.96 Å². The van der Waals surface area contributed by atoms with Crippen molar-refractivity contribution in [2.24, 2.45) is 4.99 Å². The molecule has 1 saturated heterocycles. The van der Waals surface area contributed by atoms with Crippen molar-refractivity contribution in [3.8, 4) is 5.75 Å². The minimum atomic E-state index is 0.312. The van der Waals surface area contributed by atoms with Crippen molar-refractivity contribution in [3.05, 3.63) is 59.9 Å². The van der Waals surface area contributed by atoms with Crippen LogP contribution < -0.4 is 15.4 Å². The predicted molar refractivity (Wildman–Crippen MR) is 109 cm³/mol. The molecule has 0 bridgehead atoms. The Kier molecular flexibility index (Phi) is 7.04. The van der Waals surface area contributed by atoms with Crippen molar-refractivity contribution in [2.75, 3.05) is 33.8 Å². The van der Waals surface area contributed by atoms with E-state index in [1.165, 1.54) is 18.4 Å². The van der Waals surface area contributed by atoms with Gasteiger partial charge in [0.05, 0.1) is 25.4 Å². The lowest BCUT2D eigenvalue weighted by Gasteiger charge is -2.29. The molecular weight excluding hydrogens is 338 g/mol. The number of aliphatic imine (C=N–C) groups is 1. The number of benzene rings is 1. The van der Waals surface area contributed by atoms with Gasteiger partial charge < -0.3 is 15.4 Å². The van der Waals surface area contributed by atoms with Crippen molar-refractivity contribution in [2.45, 2.75) is 25.4 Å². The molecule has 3 rings (SSSR count). The van der Waals surface area contributed by atoms with E-state index in [4.69, 9.17) is 4.74 Å². The summed E-state index contributed by atoms with van der Waals surface area (Å²) < 4.78 is 5.30. The van der Waals surface area contributed by atoms with Crippen LogP contribution in [0.15, 0.2) is 53.7 Å². The number of pyridine rings is 1. The fourth-order valence-corrected chi connectivity index (χ4v) is 3.43. The molecule has 6 heteroatoms. The molecule has 27 heavy (non-hydrogen) atoms. The summed E-state index contributed by atoms with van der Waals surface area (Å²) in [5.74, 6) is 1.68. The Labute approximate surface area is 161 Å². The number of methoxy groups -OCH3 is 1. The lowest BCUT2D eigenvalue weighted by molar-refractivity contribution is 0.245. The Morgan fingerprint density at radius 1 is 1.15 bits per heavy atom. The maximum atomic E-state index is 5.30. The monoisotopic (exact) mass is 367 g/mol. The maximum Gasteiger partial charge on any atom is 0.191 e. The number of hydrogen-bond donors (Lipinski definition) is 2. The molecule has 144 valence electrons. The fourth-order valence-electron chi connectivity index (χ4n) is 3.43. The molecular formula is C21H29N5O. The second kappa shape index (κ2) is 9.92. The second-order valence-corrected chi connectivity index (χ2v) is 6.66. The summed E-state index contributed by atoms with van der Waals surface area (Å²) in [6.45, 7) is 3.72. The summed E-state index contributed by atoms with van der Waals surface area (Å²) in [7, 11) is 3.50. The third kappa shape index (κ3) is 5.44. The highest BCUT2D eigenvalue weighted by atomic mass is 16.5. The molecule has 1 atom stereocenters. The molecule has 0 aliphatic carbocycles. The van der Waals surface area contributed by atoms with E-state index < -0.39 is 0 Å². The summed E-state index contributed by atoms with van der Waals surface area (Å²) in [5.41, 5.74) is 2.29. The van der Waals surface area contributed by atoms with E-state index in [0.29, 0.717) is 12.6 Å². The largest absolute Gasteiger partial charge is 0.497 e. The van der Waals surface area contributed by atoms with Crippen LogP contribution >= 0.6 is 0 Å². The minimum Gasteiger partial charge on any atom is -0.497 e. The number of hydrogen-bond acceptors (Lipinski definition) is 4. The Bertz CT molecular complexity index is 711. The average Bonchev–Trinajstić information content (AvgIpc) is 3.26. The standard InChI is InChI=1S/C21H29N5O/c1-22-21(24-15-18-7-3-4-12-23-18)25-16-20(26-13-5-6-14-26)17-8-10-19(27-2)11-9-17/h3-4,7-12,20H,5-6,13-16H2,1-2H3,(H2,22,24,25). The van der Waals surface area contributed by atoms with E-state index in [1.807, 2.05) is 30.3 Å². The zero-order valence-corrected chi connectivity index (χ0v) is 16.2. The first-order chi connectivity index (χ1) is 13.3. The molecule has 1 aromatic heterocycles. The van der Waals surface area contributed by atoms with Crippen LogP contribution in [0.4, 0.5) is 0 Å². The van der Waals surface area contributed by atoms with E-state index in [1.54, 1.807) is 20.4 Å². The van der Waals surface area contributed by atoms with Crippen LogP contribution in [-0.4, -0.2) is 49.6 Å². The first-order valence-electron chi connectivity index (χ1n) is 9.52. The molecule has 2 heterocycles. The van der Waals surface area contributed by atoms with Crippen LogP contribution in [-0.2, 0) is 6.54 Å². The Morgan fingerprint density at radius 3 is 2.56 bits per heavy atom. The van der Waals surface area contributed by atoms with Crippen molar-refractivity contribution < 1.29 is 4.74 Å². The van der Waals surface area contributed by atoms with Crippen LogP contribution in [0.2, 0.25) is 0 Å². The second-order valence-electron chi connectivity index (χ2n) is 6.66. The van der Waals surface area contributed by atoms with E-state index in [-0.39, 0.29) is 0 Å². The fraction of sp³-hybridized carbons (Fsp3) is 0.429. The molecule has 0 radical (unpaired) electrons. The van der Waals surface area contributed by atoms with Gasteiger partial charge in [0.2, 0.25) is 0 Å². The van der Waals surface area contributed by atoms with E-state index >= 15 is 0 Å². The molecule has 1 aromatic carbocycles. The third-order valence-corrected chi connectivity index (χ3v) is 4.93. The maximum absolute atomic E-state index is 5.30. The summed E-state index contributed by atoms with van der Waals surface area (Å²) >= 11 is 0. The lowest BCUT2D eigenvalue weighted by Crippen LogP contribution is -2.42. The molecule has 1 unspecified atom stereocenters. The summed E-state index contributed by atoms with van der Waals surface area (Å²) in [6, 6.07) is 14.6. The Balaban J connectivity index is 1.62.